The van der Waals surface area contributed by atoms with Crippen molar-refractivity contribution in [3.05, 3.63) is 0 Å². The topological polar surface area (TPSA) is 0 Å². The van der Waals surface area contributed by atoms with Gasteiger partial charge in [0.05, 0.1) is 0 Å². The van der Waals surface area contributed by atoms with Gasteiger partial charge < -0.3 is 0 Å². The first-order valence-corrected chi connectivity index (χ1v) is 8.88. The summed E-state index contributed by atoms with van der Waals surface area (Å²) < 4.78 is 14.9. The maximum Gasteiger partial charge on any atom is 0.0281 e. The van der Waals surface area contributed by atoms with Gasteiger partial charge in [0.25, 0.3) is 0 Å². The highest BCUT2D eigenvalue weighted by Gasteiger charge is 2.38. The van der Waals surface area contributed by atoms with Crippen LogP contribution in [0.3, 0.4) is 0 Å². The lowest BCUT2D eigenvalue weighted by Crippen LogP contribution is -2.28. The molecule has 18 heavy (non-hydrogen) atoms. The van der Waals surface area contributed by atoms with Crippen LogP contribution in [-0.4, -0.2) is 9.49 Å². The predicted octanol–water partition coefficient (Wildman–Crippen LogP) is 6.20. The van der Waals surface area contributed by atoms with Crippen LogP contribution in [0.5, 0.6) is 0 Å². The second-order valence-electron chi connectivity index (χ2n) is 7.61. The molecule has 0 saturated heterocycles. The van der Waals surface area contributed by atoms with E-state index in [1.807, 2.05) is 41.5 Å². The Hall–Kier alpha value is 0.0600. The maximum atomic E-state index is 15.5. The minimum absolute atomic E-state index is 0.306. The zero-order valence-electron chi connectivity index (χ0n) is 13.1. The van der Waals surface area contributed by atoms with Crippen LogP contribution in [0.15, 0.2) is 0 Å². The normalized spacial score (nSPS) is 19.7. The molecule has 1 aliphatic carbocycles. The first kappa shape index (κ1) is 16.1. The van der Waals surface area contributed by atoms with Gasteiger partial charge in [0.15, 0.2) is 0 Å². The molecule has 0 amide bonds. The lowest BCUT2D eigenvalue weighted by Gasteiger charge is -2.40. The third kappa shape index (κ3) is 3.54. The van der Waals surface area contributed by atoms with E-state index in [0.29, 0.717) is 5.92 Å². The molecule has 0 heterocycles. The van der Waals surface area contributed by atoms with Crippen molar-refractivity contribution >= 4 is 9.82 Å². The highest BCUT2D eigenvalue weighted by atomic mass is 32.3. The molecule has 0 N–H and O–H groups in total. The Bertz CT molecular complexity index is 355. The molecule has 0 nitrogen and oxygen atoms in total. The van der Waals surface area contributed by atoms with Gasteiger partial charge in [0, 0.05) is 15.9 Å². The minimum Gasteiger partial charge on any atom is -0.177 e. The Kier molecular flexibility index (Phi) is 5.00. The summed E-state index contributed by atoms with van der Waals surface area (Å²) in [5.41, 5.74) is 0. The average molecular weight is 274 g/mol. The summed E-state index contributed by atoms with van der Waals surface area (Å²) in [5.74, 6) is 0.686. The molecule has 2 heteroatoms. The molecule has 1 fully saturated rings. The van der Waals surface area contributed by atoms with Crippen molar-refractivity contribution in [1.29, 1.82) is 0 Å². The van der Waals surface area contributed by atoms with Gasteiger partial charge in [-0.15, -0.1) is 0 Å². The summed E-state index contributed by atoms with van der Waals surface area (Å²) in [6, 6.07) is 0. The molecule has 108 valence electrons. The monoisotopic (exact) mass is 274 g/mol. The quantitative estimate of drug-likeness (QED) is 0.534. The van der Waals surface area contributed by atoms with Crippen molar-refractivity contribution in [3.63, 3.8) is 0 Å². The van der Waals surface area contributed by atoms with E-state index in [2.05, 4.69) is 5.18 Å². The molecule has 0 aromatic heterocycles. The minimum atomic E-state index is -2.32. The SMILES string of the molecule is CC(C)(C)S(F)(#CCC1CCCCC1)C(C)(C)C. The van der Waals surface area contributed by atoms with Crippen molar-refractivity contribution in [2.45, 2.75) is 89.6 Å². The first-order chi connectivity index (χ1) is 8.08. The first-order valence-electron chi connectivity index (χ1n) is 7.34. The van der Waals surface area contributed by atoms with Crippen molar-refractivity contribution in [2.75, 3.05) is 0 Å². The smallest absolute Gasteiger partial charge is 0.0281 e. The lowest BCUT2D eigenvalue weighted by molar-refractivity contribution is 0.365. The van der Waals surface area contributed by atoms with Gasteiger partial charge in [-0.25, -0.2) is 0 Å². The lowest BCUT2D eigenvalue weighted by atomic mass is 9.88. The fraction of sp³-hybridized carbons (Fsp3) is 0.938. The zero-order valence-corrected chi connectivity index (χ0v) is 13.9. The summed E-state index contributed by atoms with van der Waals surface area (Å²) in [4.78, 5) is 0. The largest absolute Gasteiger partial charge is 0.177 e. The molecule has 1 aliphatic rings. The molecule has 0 aliphatic heterocycles. The van der Waals surface area contributed by atoms with E-state index < -0.39 is 9.82 Å². The van der Waals surface area contributed by atoms with E-state index >= 15 is 3.89 Å². The molecule has 0 spiro atoms. The Morgan fingerprint density at radius 1 is 0.944 bits per heavy atom. The van der Waals surface area contributed by atoms with Crippen molar-refractivity contribution in [2.24, 2.45) is 5.92 Å². The van der Waals surface area contributed by atoms with E-state index in [4.69, 9.17) is 0 Å². The van der Waals surface area contributed by atoms with Crippen LogP contribution in [0.1, 0.15) is 80.1 Å². The molecular weight excluding hydrogens is 243 g/mol. The van der Waals surface area contributed by atoms with Crippen LogP contribution in [0.2, 0.25) is 0 Å². The summed E-state index contributed by atoms with van der Waals surface area (Å²) >= 11 is 0. The summed E-state index contributed by atoms with van der Waals surface area (Å²) in [6.07, 6.45) is 7.43. The summed E-state index contributed by atoms with van der Waals surface area (Å²) in [5, 5.41) is 3.36. The van der Waals surface area contributed by atoms with E-state index in [-0.39, 0.29) is 9.49 Å². The standard InChI is InChI=1S/C16H31FS/c1-15(2,3)18(17,16(4,5)6)13-12-14-10-8-7-9-11-14/h14H,7-12H2,1-6H3. The number of rotatable bonds is 1. The van der Waals surface area contributed by atoms with E-state index in [1.54, 1.807) is 0 Å². The second-order valence-corrected chi connectivity index (χ2v) is 11.4. The van der Waals surface area contributed by atoms with E-state index in [0.717, 1.165) is 6.42 Å². The molecular formula is C16H31FS. The van der Waals surface area contributed by atoms with Crippen LogP contribution >= 0.6 is 9.82 Å². The van der Waals surface area contributed by atoms with Crippen LogP contribution in [-0.2, 0) is 0 Å². The van der Waals surface area contributed by atoms with E-state index in [1.165, 1.54) is 32.1 Å². The molecule has 1 saturated carbocycles. The van der Waals surface area contributed by atoms with Crippen LogP contribution < -0.4 is 0 Å². The third-order valence-corrected chi connectivity index (χ3v) is 7.92. The van der Waals surface area contributed by atoms with Gasteiger partial charge in [-0.2, -0.15) is 3.89 Å². The Morgan fingerprint density at radius 2 is 1.39 bits per heavy atom. The molecule has 1 rings (SSSR count). The maximum absolute atomic E-state index is 15.5. The molecule has 0 unspecified atom stereocenters. The average Bonchev–Trinajstić information content (AvgIpc) is 2.24. The number of hydrogen-bond acceptors (Lipinski definition) is 0. The van der Waals surface area contributed by atoms with Crippen molar-refractivity contribution in [1.82, 2.24) is 0 Å². The van der Waals surface area contributed by atoms with Gasteiger partial charge >= 0.3 is 0 Å². The van der Waals surface area contributed by atoms with Crippen LogP contribution in [0, 0.1) is 11.1 Å². The fourth-order valence-corrected chi connectivity index (χ4v) is 6.14. The number of halogens is 1. The van der Waals surface area contributed by atoms with Gasteiger partial charge in [-0.1, -0.05) is 24.4 Å². The van der Waals surface area contributed by atoms with Gasteiger partial charge in [-0.3, -0.25) is 0 Å². The van der Waals surface area contributed by atoms with Gasteiger partial charge in [-0.05, 0) is 70.1 Å². The summed E-state index contributed by atoms with van der Waals surface area (Å²) in [7, 11) is -2.32. The molecule has 0 radical (unpaired) electrons. The van der Waals surface area contributed by atoms with Gasteiger partial charge in [0.1, 0.15) is 0 Å². The second kappa shape index (κ2) is 5.59. The van der Waals surface area contributed by atoms with Crippen LogP contribution in [0.4, 0.5) is 3.89 Å². The molecule has 0 atom stereocenters. The van der Waals surface area contributed by atoms with Crippen molar-refractivity contribution in [3.8, 4) is 5.18 Å². The van der Waals surface area contributed by atoms with E-state index in [9.17, 15) is 0 Å². The van der Waals surface area contributed by atoms with Crippen molar-refractivity contribution < 1.29 is 3.89 Å². The van der Waals surface area contributed by atoms with Gasteiger partial charge in [0.2, 0.25) is 0 Å². The Labute approximate surface area is 115 Å². The Morgan fingerprint density at radius 3 is 1.78 bits per heavy atom. The van der Waals surface area contributed by atoms with Crippen LogP contribution in [0.25, 0.3) is 0 Å². The molecule has 0 bridgehead atoms. The predicted molar refractivity (Wildman–Crippen MR) is 83.3 cm³/mol. The molecule has 0 aromatic rings. The number of hydrogen-bond donors (Lipinski definition) is 0. The Balaban J connectivity index is 2.98. The fourth-order valence-electron chi connectivity index (χ4n) is 2.98. The third-order valence-electron chi connectivity index (χ3n) is 3.98. The molecule has 0 aromatic carbocycles. The highest BCUT2D eigenvalue weighted by Crippen LogP contribution is 2.58. The highest BCUT2D eigenvalue weighted by molar-refractivity contribution is 8.22. The zero-order chi connectivity index (χ0) is 14.0. The summed E-state index contributed by atoms with van der Waals surface area (Å²) in [6.45, 7) is 12.2.